The van der Waals surface area contributed by atoms with Crippen LogP contribution in [0.2, 0.25) is 0 Å². The zero-order chi connectivity index (χ0) is 18.3. The highest BCUT2D eigenvalue weighted by molar-refractivity contribution is 5.89. The van der Waals surface area contributed by atoms with E-state index in [1.165, 1.54) is 31.2 Å². The van der Waals surface area contributed by atoms with Crippen LogP contribution in [0.25, 0.3) is 0 Å². The van der Waals surface area contributed by atoms with Crippen LogP contribution in [0.3, 0.4) is 0 Å². The number of ether oxygens (including phenoxy) is 3. The van der Waals surface area contributed by atoms with Crippen LogP contribution < -0.4 is 4.74 Å². The van der Waals surface area contributed by atoms with Gasteiger partial charge >= 0.3 is 17.9 Å². The van der Waals surface area contributed by atoms with Crippen LogP contribution in [0.1, 0.15) is 45.0 Å². The minimum absolute atomic E-state index is 0.0267. The molecule has 24 heavy (non-hydrogen) atoms. The largest absolute Gasteiger partial charge is 0.459 e. The van der Waals surface area contributed by atoms with Gasteiger partial charge in [0.15, 0.2) is 0 Å². The fraction of sp³-hybridized carbons (Fsp3) is 0.500. The highest BCUT2D eigenvalue weighted by atomic mass is 16.6. The number of esters is 3. The van der Waals surface area contributed by atoms with Crippen LogP contribution in [0, 0.1) is 11.8 Å². The first-order valence-corrected chi connectivity index (χ1v) is 7.86. The molecular weight excluding hydrogens is 312 g/mol. The monoisotopic (exact) mass is 336 g/mol. The average Bonchev–Trinajstić information content (AvgIpc) is 2.51. The van der Waals surface area contributed by atoms with E-state index in [-0.39, 0.29) is 24.4 Å². The molecule has 0 aromatic heterocycles. The second-order valence-corrected chi connectivity index (χ2v) is 6.00. The standard InChI is InChI=1S/C18H24O6/c1-11(2)13(4)17(20)23-12(3)10-22-18(21)15-6-8-16(9-7-15)24-14(5)19/h6-9,11-13H,10H2,1-5H3/t12?,13-/m0/s1. The van der Waals surface area contributed by atoms with E-state index in [0.717, 1.165) is 0 Å². The van der Waals surface area contributed by atoms with Crippen LogP contribution in [0.15, 0.2) is 24.3 Å². The second-order valence-electron chi connectivity index (χ2n) is 6.00. The van der Waals surface area contributed by atoms with Crippen molar-refractivity contribution in [2.45, 2.75) is 40.7 Å². The number of carbonyl (C=O) groups is 3. The van der Waals surface area contributed by atoms with Crippen molar-refractivity contribution >= 4 is 17.9 Å². The van der Waals surface area contributed by atoms with Crippen molar-refractivity contribution < 1.29 is 28.6 Å². The van der Waals surface area contributed by atoms with Gasteiger partial charge in [0.1, 0.15) is 18.5 Å². The summed E-state index contributed by atoms with van der Waals surface area (Å²) >= 11 is 0. The highest BCUT2D eigenvalue weighted by Gasteiger charge is 2.21. The molecular formula is C18H24O6. The average molecular weight is 336 g/mol. The third-order valence-electron chi connectivity index (χ3n) is 3.49. The van der Waals surface area contributed by atoms with E-state index in [1.54, 1.807) is 13.8 Å². The molecule has 0 fully saturated rings. The topological polar surface area (TPSA) is 78.9 Å². The quantitative estimate of drug-likeness (QED) is 0.562. The molecule has 0 N–H and O–H groups in total. The Balaban J connectivity index is 2.47. The molecule has 0 spiro atoms. The van der Waals surface area contributed by atoms with E-state index in [2.05, 4.69) is 0 Å². The molecule has 1 rings (SSSR count). The molecule has 0 bridgehead atoms. The molecule has 0 radical (unpaired) electrons. The van der Waals surface area contributed by atoms with Crippen molar-refractivity contribution in [2.24, 2.45) is 11.8 Å². The Hall–Kier alpha value is -2.37. The lowest BCUT2D eigenvalue weighted by Gasteiger charge is -2.18. The molecule has 1 aromatic rings. The van der Waals surface area contributed by atoms with Gasteiger partial charge in [-0.25, -0.2) is 4.79 Å². The van der Waals surface area contributed by atoms with Gasteiger partial charge in [-0.1, -0.05) is 20.8 Å². The Bertz CT molecular complexity index is 576. The smallest absolute Gasteiger partial charge is 0.338 e. The first kappa shape index (κ1) is 19.7. The molecule has 1 aromatic carbocycles. The Morgan fingerprint density at radius 2 is 1.58 bits per heavy atom. The molecule has 0 aliphatic heterocycles. The Morgan fingerprint density at radius 3 is 2.08 bits per heavy atom. The summed E-state index contributed by atoms with van der Waals surface area (Å²) < 4.78 is 15.3. The van der Waals surface area contributed by atoms with Crippen molar-refractivity contribution in [2.75, 3.05) is 6.61 Å². The van der Waals surface area contributed by atoms with Gasteiger partial charge in [0.25, 0.3) is 0 Å². The van der Waals surface area contributed by atoms with E-state index >= 15 is 0 Å². The van der Waals surface area contributed by atoms with Gasteiger partial charge in [0.05, 0.1) is 11.5 Å². The molecule has 1 unspecified atom stereocenters. The fourth-order valence-corrected chi connectivity index (χ4v) is 1.71. The summed E-state index contributed by atoms with van der Waals surface area (Å²) in [6.07, 6.45) is -0.525. The van der Waals surface area contributed by atoms with Crippen LogP contribution in [0.5, 0.6) is 5.75 Å². The molecule has 0 amide bonds. The van der Waals surface area contributed by atoms with Crippen molar-refractivity contribution in [3.63, 3.8) is 0 Å². The first-order chi connectivity index (χ1) is 11.2. The van der Waals surface area contributed by atoms with E-state index in [0.29, 0.717) is 11.3 Å². The van der Waals surface area contributed by atoms with E-state index in [9.17, 15) is 14.4 Å². The normalized spacial score (nSPS) is 13.1. The van der Waals surface area contributed by atoms with Crippen molar-refractivity contribution in [3.8, 4) is 5.75 Å². The summed E-state index contributed by atoms with van der Waals surface area (Å²) in [6.45, 7) is 8.62. The van der Waals surface area contributed by atoms with E-state index in [4.69, 9.17) is 14.2 Å². The van der Waals surface area contributed by atoms with Crippen LogP contribution in [-0.2, 0) is 19.1 Å². The summed E-state index contributed by atoms with van der Waals surface area (Å²) in [5.41, 5.74) is 0.319. The van der Waals surface area contributed by atoms with E-state index < -0.39 is 18.0 Å². The summed E-state index contributed by atoms with van der Waals surface area (Å²) in [5, 5.41) is 0. The zero-order valence-corrected chi connectivity index (χ0v) is 14.7. The molecule has 0 aliphatic rings. The van der Waals surface area contributed by atoms with Crippen LogP contribution in [-0.4, -0.2) is 30.6 Å². The van der Waals surface area contributed by atoms with Gasteiger partial charge in [-0.3, -0.25) is 9.59 Å². The molecule has 0 saturated carbocycles. The second kappa shape index (κ2) is 9.05. The molecule has 6 heteroatoms. The minimum atomic E-state index is -0.538. The lowest BCUT2D eigenvalue weighted by molar-refractivity contribution is -0.156. The molecule has 0 aliphatic carbocycles. The molecule has 132 valence electrons. The summed E-state index contributed by atoms with van der Waals surface area (Å²) in [7, 11) is 0. The number of hydrogen-bond acceptors (Lipinski definition) is 6. The van der Waals surface area contributed by atoms with Crippen LogP contribution in [0.4, 0.5) is 0 Å². The lowest BCUT2D eigenvalue weighted by Crippen LogP contribution is -2.27. The van der Waals surface area contributed by atoms with Gasteiger partial charge in [0, 0.05) is 6.92 Å². The Labute approximate surface area is 142 Å². The maximum absolute atomic E-state index is 11.9. The number of benzene rings is 1. The van der Waals surface area contributed by atoms with Crippen molar-refractivity contribution in [1.29, 1.82) is 0 Å². The maximum atomic E-state index is 11.9. The van der Waals surface area contributed by atoms with Gasteiger partial charge in [-0.05, 0) is 37.1 Å². The lowest BCUT2D eigenvalue weighted by atomic mass is 9.98. The van der Waals surface area contributed by atoms with Crippen LogP contribution >= 0.6 is 0 Å². The Morgan fingerprint density at radius 1 is 1.00 bits per heavy atom. The van der Waals surface area contributed by atoms with Gasteiger partial charge in [-0.2, -0.15) is 0 Å². The predicted octanol–water partition coefficient (Wildman–Crippen LogP) is 2.99. The third kappa shape index (κ3) is 6.40. The number of hydrogen-bond donors (Lipinski definition) is 0. The SMILES string of the molecule is CC(=O)Oc1ccc(C(=O)OCC(C)OC(=O)[C@@H](C)C(C)C)cc1. The highest BCUT2D eigenvalue weighted by Crippen LogP contribution is 2.14. The third-order valence-corrected chi connectivity index (χ3v) is 3.49. The van der Waals surface area contributed by atoms with Gasteiger partial charge in [0.2, 0.25) is 0 Å². The number of rotatable bonds is 7. The molecule has 0 saturated heterocycles. The molecule has 0 heterocycles. The summed E-state index contributed by atoms with van der Waals surface area (Å²) in [6, 6.07) is 6.01. The van der Waals surface area contributed by atoms with E-state index in [1.807, 2.05) is 13.8 Å². The Kier molecular flexibility index (Phi) is 7.42. The minimum Gasteiger partial charge on any atom is -0.459 e. The zero-order valence-electron chi connectivity index (χ0n) is 14.7. The van der Waals surface area contributed by atoms with Gasteiger partial charge < -0.3 is 14.2 Å². The van der Waals surface area contributed by atoms with Crippen molar-refractivity contribution in [1.82, 2.24) is 0 Å². The predicted molar refractivity (Wildman–Crippen MR) is 87.6 cm³/mol. The first-order valence-electron chi connectivity index (χ1n) is 7.86. The van der Waals surface area contributed by atoms with Crippen molar-refractivity contribution in [3.05, 3.63) is 29.8 Å². The summed E-state index contributed by atoms with van der Waals surface area (Å²) in [4.78, 5) is 34.6. The van der Waals surface area contributed by atoms with Gasteiger partial charge in [-0.15, -0.1) is 0 Å². The molecule has 6 nitrogen and oxygen atoms in total. The summed E-state index contributed by atoms with van der Waals surface area (Å²) in [5.74, 6) is -0.955. The fourth-order valence-electron chi connectivity index (χ4n) is 1.71. The maximum Gasteiger partial charge on any atom is 0.338 e. The number of carbonyl (C=O) groups excluding carboxylic acids is 3. The molecule has 2 atom stereocenters.